The predicted molar refractivity (Wildman–Crippen MR) is 115 cm³/mol. The van der Waals surface area contributed by atoms with Gasteiger partial charge in [-0.25, -0.2) is 4.79 Å². The van der Waals surface area contributed by atoms with Crippen LogP contribution in [0.25, 0.3) is 10.9 Å². The number of aromatic nitrogens is 1. The van der Waals surface area contributed by atoms with E-state index in [0.29, 0.717) is 6.42 Å². The molecule has 1 aliphatic rings. The van der Waals surface area contributed by atoms with Crippen molar-refractivity contribution < 1.29 is 29.0 Å². The zero-order chi connectivity index (χ0) is 23.0. The summed E-state index contributed by atoms with van der Waals surface area (Å²) in [6.45, 7) is 1.44. The van der Waals surface area contributed by atoms with Gasteiger partial charge >= 0.3 is 5.97 Å². The van der Waals surface area contributed by atoms with Crippen LogP contribution < -0.4 is 0 Å². The Morgan fingerprint density at radius 2 is 1.91 bits per heavy atom. The molecule has 0 saturated carbocycles. The maximum atomic E-state index is 12.8. The Labute approximate surface area is 183 Å². The van der Waals surface area contributed by atoms with Gasteiger partial charge in [0.25, 0.3) is 5.91 Å². The van der Waals surface area contributed by atoms with E-state index in [1.54, 1.807) is 0 Å². The molecule has 2 N–H and O–H groups in total. The van der Waals surface area contributed by atoms with Crippen LogP contribution in [-0.2, 0) is 25.5 Å². The highest BCUT2D eigenvalue weighted by Crippen LogP contribution is 2.41. The van der Waals surface area contributed by atoms with E-state index >= 15 is 0 Å². The van der Waals surface area contributed by atoms with Gasteiger partial charge in [-0.05, 0) is 37.1 Å². The van der Waals surface area contributed by atoms with Crippen LogP contribution in [0.2, 0.25) is 0 Å². The van der Waals surface area contributed by atoms with E-state index in [-0.39, 0.29) is 23.4 Å². The summed E-state index contributed by atoms with van der Waals surface area (Å²) in [7, 11) is 1.22. The minimum atomic E-state index is -1.22. The molecule has 0 aliphatic carbocycles. The number of Topliss-reactive ketones (excluding diaryl/α,β-unsaturated/α-hetero) is 2. The number of nitrogens with zero attached hydrogens (tertiary/aromatic N) is 1. The quantitative estimate of drug-likeness (QED) is 0.350. The third-order valence-corrected chi connectivity index (χ3v) is 5.91. The van der Waals surface area contributed by atoms with Crippen LogP contribution in [0.15, 0.2) is 48.7 Å². The number of carbonyl (C=O) groups is 4. The molecule has 3 aromatic rings. The van der Waals surface area contributed by atoms with Crippen LogP contribution in [-0.4, -0.2) is 52.1 Å². The second-order valence-electron chi connectivity index (χ2n) is 7.77. The summed E-state index contributed by atoms with van der Waals surface area (Å²) < 4.78 is 4.66. The number of aromatic hydroxyl groups is 1. The van der Waals surface area contributed by atoms with Crippen molar-refractivity contribution in [3.05, 3.63) is 65.4 Å². The van der Waals surface area contributed by atoms with Gasteiger partial charge in [0, 0.05) is 29.2 Å². The van der Waals surface area contributed by atoms with Crippen LogP contribution in [0, 0.1) is 5.92 Å². The van der Waals surface area contributed by atoms with Gasteiger partial charge < -0.3 is 19.7 Å². The van der Waals surface area contributed by atoms with Gasteiger partial charge in [0.2, 0.25) is 5.78 Å². The number of rotatable bonds is 6. The number of amides is 1. The third kappa shape index (κ3) is 3.53. The third-order valence-electron chi connectivity index (χ3n) is 5.91. The van der Waals surface area contributed by atoms with E-state index in [0.717, 1.165) is 16.5 Å². The molecule has 2 heterocycles. The predicted octanol–water partition coefficient (Wildman–Crippen LogP) is 2.56. The van der Waals surface area contributed by atoms with Gasteiger partial charge in [0.15, 0.2) is 0 Å². The summed E-state index contributed by atoms with van der Waals surface area (Å²) in [5, 5.41) is 11.6. The second-order valence-corrected chi connectivity index (χ2v) is 7.77. The lowest BCUT2D eigenvalue weighted by atomic mass is 9.89. The summed E-state index contributed by atoms with van der Waals surface area (Å²) in [4.78, 5) is 54.1. The lowest BCUT2D eigenvalue weighted by molar-refractivity contribution is -0.142. The highest BCUT2D eigenvalue weighted by molar-refractivity contribution is 6.42. The van der Waals surface area contributed by atoms with Crippen molar-refractivity contribution in [3.63, 3.8) is 0 Å². The minimum Gasteiger partial charge on any atom is -0.508 e. The van der Waals surface area contributed by atoms with Gasteiger partial charge in [-0.15, -0.1) is 0 Å². The molecular formula is C24H22N2O6. The molecule has 4 rings (SSSR count). The molecule has 8 nitrogen and oxygen atoms in total. The number of aromatic amines is 1. The fourth-order valence-corrected chi connectivity index (χ4v) is 4.34. The van der Waals surface area contributed by atoms with E-state index < -0.39 is 35.4 Å². The molecule has 1 saturated heterocycles. The molecule has 1 amide bonds. The van der Waals surface area contributed by atoms with E-state index in [1.165, 1.54) is 37.1 Å². The van der Waals surface area contributed by atoms with Gasteiger partial charge in [-0.1, -0.05) is 24.3 Å². The molecule has 1 fully saturated rings. The molecule has 2 unspecified atom stereocenters. The number of esters is 1. The molecule has 0 bridgehead atoms. The topological polar surface area (TPSA) is 117 Å². The summed E-state index contributed by atoms with van der Waals surface area (Å²) in [5.41, 5.74) is 2.28. The van der Waals surface area contributed by atoms with E-state index in [9.17, 15) is 24.3 Å². The largest absolute Gasteiger partial charge is 0.508 e. The molecule has 0 radical (unpaired) electrons. The van der Waals surface area contributed by atoms with Gasteiger partial charge in [-0.3, -0.25) is 14.4 Å². The number of hydrogen-bond acceptors (Lipinski definition) is 6. The number of hydrogen-bond donors (Lipinski definition) is 2. The normalized spacial score (nSPS) is 18.4. The molecular weight excluding hydrogens is 412 g/mol. The number of phenols is 1. The Morgan fingerprint density at radius 1 is 1.16 bits per heavy atom. The Bertz CT molecular complexity index is 1240. The van der Waals surface area contributed by atoms with E-state index in [2.05, 4.69) is 9.72 Å². The zero-order valence-corrected chi connectivity index (χ0v) is 17.6. The summed E-state index contributed by atoms with van der Waals surface area (Å²) in [6, 6.07) is 10.9. The first kappa shape index (κ1) is 21.3. The van der Waals surface area contributed by atoms with Crippen molar-refractivity contribution in [3.8, 4) is 5.75 Å². The number of benzene rings is 2. The van der Waals surface area contributed by atoms with Crippen LogP contribution >= 0.6 is 0 Å². The number of H-pyrrole nitrogens is 1. The minimum absolute atomic E-state index is 0.120. The van der Waals surface area contributed by atoms with Crippen LogP contribution in [0.3, 0.4) is 0 Å². The number of ether oxygens (including phenoxy) is 1. The van der Waals surface area contributed by atoms with Gasteiger partial charge in [-0.2, -0.15) is 0 Å². The van der Waals surface area contributed by atoms with Gasteiger partial charge in [0.1, 0.15) is 17.5 Å². The Balaban J connectivity index is 1.69. The second kappa shape index (κ2) is 8.30. The average Bonchev–Trinajstić information content (AvgIpc) is 3.30. The number of nitrogens with one attached hydrogen (secondary N) is 1. The highest BCUT2D eigenvalue weighted by atomic mass is 16.5. The lowest BCUT2D eigenvalue weighted by Gasteiger charge is -2.27. The smallest absolute Gasteiger partial charge is 0.337 e. The Kier molecular flexibility index (Phi) is 5.52. The first-order chi connectivity index (χ1) is 15.3. The summed E-state index contributed by atoms with van der Waals surface area (Å²) >= 11 is 0. The van der Waals surface area contributed by atoms with Crippen molar-refractivity contribution in [1.29, 1.82) is 0 Å². The molecule has 164 valence electrons. The number of phenolic OH excluding ortho intramolecular Hbond substituents is 1. The number of likely N-dealkylation sites (tertiary alicyclic amines) is 1. The summed E-state index contributed by atoms with van der Waals surface area (Å²) in [6.07, 6.45) is 2.30. The van der Waals surface area contributed by atoms with Crippen molar-refractivity contribution in [1.82, 2.24) is 9.88 Å². The molecule has 1 aliphatic heterocycles. The number of ketones is 2. The maximum Gasteiger partial charge on any atom is 0.337 e. The number of carbonyl (C=O) groups excluding carboxylic acids is 4. The Morgan fingerprint density at radius 3 is 2.59 bits per heavy atom. The zero-order valence-electron chi connectivity index (χ0n) is 17.6. The monoisotopic (exact) mass is 434 g/mol. The van der Waals surface area contributed by atoms with Crippen LogP contribution in [0.5, 0.6) is 5.75 Å². The number of methoxy groups -OCH3 is 1. The van der Waals surface area contributed by atoms with Crippen molar-refractivity contribution >= 4 is 34.3 Å². The highest BCUT2D eigenvalue weighted by Gasteiger charge is 2.50. The van der Waals surface area contributed by atoms with Gasteiger partial charge in [0.05, 0.1) is 18.7 Å². The molecule has 2 atom stereocenters. The van der Waals surface area contributed by atoms with Crippen molar-refractivity contribution in [2.75, 3.05) is 13.7 Å². The van der Waals surface area contributed by atoms with Crippen LogP contribution in [0.1, 0.15) is 34.5 Å². The van der Waals surface area contributed by atoms with Crippen molar-refractivity contribution in [2.24, 2.45) is 5.92 Å². The average molecular weight is 434 g/mol. The lowest BCUT2D eigenvalue weighted by Crippen LogP contribution is -2.32. The molecule has 0 spiro atoms. The molecule has 2 aromatic carbocycles. The van der Waals surface area contributed by atoms with E-state index in [1.807, 2.05) is 30.5 Å². The SMILES string of the molecule is COC(=O)c1ccc(C2C(C(C)=O)C(=O)C(=O)N2CCc2c[nH]c3ccccc23)c(O)c1. The molecule has 32 heavy (non-hydrogen) atoms. The van der Waals surface area contributed by atoms with E-state index in [4.69, 9.17) is 0 Å². The van der Waals surface area contributed by atoms with Crippen molar-refractivity contribution in [2.45, 2.75) is 19.4 Å². The number of para-hydroxylation sites is 1. The first-order valence-electron chi connectivity index (χ1n) is 10.1. The first-order valence-corrected chi connectivity index (χ1v) is 10.1. The van der Waals surface area contributed by atoms with Crippen LogP contribution in [0.4, 0.5) is 0 Å². The number of fused-ring (bicyclic) bond motifs is 1. The Hall–Kier alpha value is -3.94. The molecule has 1 aromatic heterocycles. The summed E-state index contributed by atoms with van der Waals surface area (Å²) in [5.74, 6) is -4.16. The fourth-order valence-electron chi connectivity index (χ4n) is 4.34. The standard InChI is InChI=1S/C24H22N2O6/c1-13(27)20-21(17-8-7-14(11-19(17)28)24(31)32-2)26(23(30)22(20)29)10-9-15-12-25-18-6-4-3-5-16(15)18/h3-8,11-12,20-21,25,28H,9-10H2,1-2H3. The fraction of sp³-hybridized carbons (Fsp3) is 0.250. The molecule has 8 heteroatoms. The maximum absolute atomic E-state index is 12.8.